The molecule has 24 heavy (non-hydrogen) atoms. The Balaban J connectivity index is 1.85. The summed E-state index contributed by atoms with van der Waals surface area (Å²) >= 11 is 1.45. The summed E-state index contributed by atoms with van der Waals surface area (Å²) in [6.07, 6.45) is 0. The maximum absolute atomic E-state index is 11.9. The van der Waals surface area contributed by atoms with Crippen molar-refractivity contribution in [3.63, 3.8) is 0 Å². The highest BCUT2D eigenvalue weighted by atomic mass is 32.1. The first-order chi connectivity index (χ1) is 11.5. The van der Waals surface area contributed by atoms with E-state index in [2.05, 4.69) is 10.6 Å². The van der Waals surface area contributed by atoms with Crippen LogP contribution in [0.4, 0.5) is 4.79 Å². The molecule has 0 aliphatic heterocycles. The maximum atomic E-state index is 11.9. The van der Waals surface area contributed by atoms with E-state index in [0.29, 0.717) is 18.0 Å². The van der Waals surface area contributed by atoms with Crippen LogP contribution >= 0.6 is 11.3 Å². The number of hydrogen-bond acceptors (Lipinski definition) is 5. The van der Waals surface area contributed by atoms with Crippen LogP contribution in [0.1, 0.15) is 17.4 Å². The standard InChI is InChI=1S/C17H22N2O4S/c1-17(21,15-5-4-8-24-15)11-19-16(20)18-10-12-6-7-13(22-2)14(9-12)23-3/h4-9,21H,10-11H2,1-3H3,(H2,18,19,20). The SMILES string of the molecule is COc1ccc(CNC(=O)NCC(C)(O)c2cccs2)cc1OC. The summed E-state index contributed by atoms with van der Waals surface area (Å²) in [7, 11) is 3.14. The topological polar surface area (TPSA) is 79.8 Å². The lowest BCUT2D eigenvalue weighted by Crippen LogP contribution is -2.42. The molecule has 7 heteroatoms. The van der Waals surface area contributed by atoms with Gasteiger partial charge in [-0.2, -0.15) is 0 Å². The number of urea groups is 1. The van der Waals surface area contributed by atoms with Gasteiger partial charge >= 0.3 is 6.03 Å². The highest BCUT2D eigenvalue weighted by Gasteiger charge is 2.24. The van der Waals surface area contributed by atoms with Crippen molar-refractivity contribution in [2.75, 3.05) is 20.8 Å². The number of hydrogen-bond donors (Lipinski definition) is 3. The first-order valence-electron chi connectivity index (χ1n) is 7.45. The van der Waals surface area contributed by atoms with Gasteiger partial charge in [-0.15, -0.1) is 11.3 Å². The number of aliphatic hydroxyl groups is 1. The summed E-state index contributed by atoms with van der Waals surface area (Å²) in [5.41, 5.74) is -0.206. The smallest absolute Gasteiger partial charge is 0.315 e. The van der Waals surface area contributed by atoms with Crippen LogP contribution in [0.25, 0.3) is 0 Å². The number of nitrogens with one attached hydrogen (secondary N) is 2. The molecule has 0 bridgehead atoms. The molecule has 0 spiro atoms. The Kier molecular flexibility index (Phi) is 6.05. The van der Waals surface area contributed by atoms with Crippen LogP contribution in [0.5, 0.6) is 11.5 Å². The van der Waals surface area contributed by atoms with E-state index in [0.717, 1.165) is 10.4 Å². The Labute approximate surface area is 145 Å². The van der Waals surface area contributed by atoms with E-state index >= 15 is 0 Å². The van der Waals surface area contributed by atoms with Crippen molar-refractivity contribution in [1.29, 1.82) is 0 Å². The number of benzene rings is 1. The van der Waals surface area contributed by atoms with Gasteiger partial charge in [0.2, 0.25) is 0 Å². The second-order valence-corrected chi connectivity index (χ2v) is 6.42. The summed E-state index contributed by atoms with van der Waals surface area (Å²) in [6, 6.07) is 8.81. The van der Waals surface area contributed by atoms with Gasteiger partial charge in [-0.1, -0.05) is 12.1 Å². The van der Waals surface area contributed by atoms with Gasteiger partial charge in [0.25, 0.3) is 0 Å². The average molecular weight is 350 g/mol. The molecule has 6 nitrogen and oxygen atoms in total. The van der Waals surface area contributed by atoms with E-state index in [1.807, 2.05) is 23.6 Å². The number of carbonyl (C=O) groups excluding carboxylic acids is 1. The molecular formula is C17H22N2O4S. The largest absolute Gasteiger partial charge is 0.493 e. The van der Waals surface area contributed by atoms with Gasteiger partial charge in [-0.05, 0) is 36.1 Å². The molecule has 130 valence electrons. The van der Waals surface area contributed by atoms with E-state index < -0.39 is 5.60 Å². The zero-order valence-electron chi connectivity index (χ0n) is 14.0. The fourth-order valence-electron chi connectivity index (χ4n) is 2.16. The zero-order chi connectivity index (χ0) is 17.6. The van der Waals surface area contributed by atoms with Crippen LogP contribution in [0.2, 0.25) is 0 Å². The van der Waals surface area contributed by atoms with Crippen LogP contribution < -0.4 is 20.1 Å². The Morgan fingerprint density at radius 2 is 1.96 bits per heavy atom. The van der Waals surface area contributed by atoms with Crippen molar-refractivity contribution < 1.29 is 19.4 Å². The molecule has 3 N–H and O–H groups in total. The normalized spacial score (nSPS) is 13.0. The lowest BCUT2D eigenvalue weighted by Gasteiger charge is -2.22. The lowest BCUT2D eigenvalue weighted by atomic mass is 10.1. The van der Waals surface area contributed by atoms with Gasteiger partial charge in [0.15, 0.2) is 11.5 Å². The van der Waals surface area contributed by atoms with Gasteiger partial charge in [-0.3, -0.25) is 0 Å². The van der Waals surface area contributed by atoms with Crippen LogP contribution in [-0.4, -0.2) is 31.9 Å². The molecule has 1 aromatic carbocycles. The molecule has 1 aromatic heterocycles. The molecule has 2 amide bonds. The summed E-state index contributed by atoms with van der Waals surface area (Å²) < 4.78 is 10.4. The van der Waals surface area contributed by atoms with Gasteiger partial charge < -0.3 is 25.2 Å². The van der Waals surface area contributed by atoms with E-state index in [4.69, 9.17) is 9.47 Å². The number of carbonyl (C=O) groups is 1. The molecule has 0 radical (unpaired) electrons. The number of rotatable bonds is 7. The molecule has 0 aliphatic carbocycles. The molecule has 0 saturated carbocycles. The Morgan fingerprint density at radius 3 is 2.58 bits per heavy atom. The first kappa shape index (κ1) is 18.1. The Morgan fingerprint density at radius 1 is 1.21 bits per heavy atom. The third-order valence-corrected chi connectivity index (χ3v) is 4.67. The minimum absolute atomic E-state index is 0.130. The number of thiophene rings is 1. The van der Waals surface area contributed by atoms with E-state index in [-0.39, 0.29) is 12.6 Å². The van der Waals surface area contributed by atoms with Crippen molar-refractivity contribution in [3.05, 3.63) is 46.2 Å². The Bertz CT molecular complexity index is 671. The summed E-state index contributed by atoms with van der Waals surface area (Å²) in [4.78, 5) is 12.7. The molecule has 1 atom stereocenters. The molecular weight excluding hydrogens is 328 g/mol. The molecule has 0 aliphatic rings. The second kappa shape index (κ2) is 8.03. The summed E-state index contributed by atoms with van der Waals surface area (Å²) in [5, 5.41) is 17.7. The Hall–Kier alpha value is -2.25. The molecule has 0 fully saturated rings. The fourth-order valence-corrected chi connectivity index (χ4v) is 2.95. The second-order valence-electron chi connectivity index (χ2n) is 5.48. The summed E-state index contributed by atoms with van der Waals surface area (Å²) in [5.74, 6) is 1.25. The van der Waals surface area contributed by atoms with Crippen LogP contribution in [-0.2, 0) is 12.1 Å². The molecule has 2 aromatic rings. The van der Waals surface area contributed by atoms with Crippen molar-refractivity contribution in [2.24, 2.45) is 0 Å². The van der Waals surface area contributed by atoms with Crippen molar-refractivity contribution in [3.8, 4) is 11.5 Å². The maximum Gasteiger partial charge on any atom is 0.315 e. The molecule has 2 rings (SSSR count). The van der Waals surface area contributed by atoms with Crippen LogP contribution in [0.15, 0.2) is 35.7 Å². The van der Waals surface area contributed by atoms with Crippen molar-refractivity contribution >= 4 is 17.4 Å². The van der Waals surface area contributed by atoms with Crippen LogP contribution in [0.3, 0.4) is 0 Å². The monoisotopic (exact) mass is 350 g/mol. The lowest BCUT2D eigenvalue weighted by molar-refractivity contribution is 0.0631. The number of ether oxygens (including phenoxy) is 2. The third-order valence-electron chi connectivity index (χ3n) is 3.55. The quantitative estimate of drug-likeness (QED) is 0.717. The van der Waals surface area contributed by atoms with Gasteiger partial charge in [0, 0.05) is 11.4 Å². The number of amides is 2. The first-order valence-corrected chi connectivity index (χ1v) is 8.33. The van der Waals surface area contributed by atoms with Crippen molar-refractivity contribution in [1.82, 2.24) is 10.6 Å². The number of methoxy groups -OCH3 is 2. The minimum atomic E-state index is -1.09. The van der Waals surface area contributed by atoms with E-state index in [1.54, 1.807) is 33.3 Å². The molecule has 1 heterocycles. The van der Waals surface area contributed by atoms with E-state index in [1.165, 1.54) is 11.3 Å². The predicted molar refractivity (Wildman–Crippen MR) is 93.7 cm³/mol. The zero-order valence-corrected chi connectivity index (χ0v) is 14.8. The molecule has 1 unspecified atom stereocenters. The van der Waals surface area contributed by atoms with E-state index in [9.17, 15) is 9.90 Å². The van der Waals surface area contributed by atoms with Gasteiger partial charge in [0.1, 0.15) is 5.60 Å². The van der Waals surface area contributed by atoms with Gasteiger partial charge in [-0.25, -0.2) is 4.79 Å². The van der Waals surface area contributed by atoms with Crippen molar-refractivity contribution in [2.45, 2.75) is 19.1 Å². The molecule has 0 saturated heterocycles. The highest BCUT2D eigenvalue weighted by Crippen LogP contribution is 2.27. The minimum Gasteiger partial charge on any atom is -0.493 e. The third kappa shape index (κ3) is 4.62. The van der Waals surface area contributed by atoms with Crippen LogP contribution in [0, 0.1) is 0 Å². The summed E-state index contributed by atoms with van der Waals surface area (Å²) in [6.45, 7) is 2.14. The predicted octanol–water partition coefficient (Wildman–Crippen LogP) is 2.47. The fraction of sp³-hybridized carbons (Fsp3) is 0.353. The van der Waals surface area contributed by atoms with Gasteiger partial charge in [0.05, 0.1) is 20.8 Å². The average Bonchev–Trinajstić information content (AvgIpc) is 3.13. The highest BCUT2D eigenvalue weighted by molar-refractivity contribution is 7.10.